The highest BCUT2D eigenvalue weighted by molar-refractivity contribution is 6.50. The summed E-state index contributed by atoms with van der Waals surface area (Å²) in [6.45, 7) is 3.66. The predicted molar refractivity (Wildman–Crippen MR) is 151 cm³/mol. The number of carbonyl (C=O) groups excluding carboxylic acids is 2. The first-order valence-corrected chi connectivity index (χ1v) is 13.4. The summed E-state index contributed by atoms with van der Waals surface area (Å²) in [4.78, 5) is 30.7. The van der Waals surface area contributed by atoms with Gasteiger partial charge in [-0.15, -0.1) is 0 Å². The fourth-order valence-electron chi connectivity index (χ4n) is 5.61. The molecule has 7 nitrogen and oxygen atoms in total. The number of esters is 1. The zero-order valence-electron chi connectivity index (χ0n) is 23.1. The Morgan fingerprint density at radius 1 is 0.952 bits per heavy atom. The smallest absolute Gasteiger partial charge is 0.458 e. The number of fused-ring (bicyclic) bond motifs is 5. The van der Waals surface area contributed by atoms with Crippen LogP contribution in [0.4, 0.5) is 28.6 Å². The molecule has 4 aromatic rings. The van der Waals surface area contributed by atoms with Crippen molar-refractivity contribution in [3.05, 3.63) is 114 Å². The van der Waals surface area contributed by atoms with E-state index in [0.717, 1.165) is 29.9 Å². The van der Waals surface area contributed by atoms with Crippen molar-refractivity contribution in [2.24, 2.45) is 7.05 Å². The van der Waals surface area contributed by atoms with Crippen LogP contribution >= 0.6 is 0 Å². The van der Waals surface area contributed by atoms with Crippen LogP contribution in [0.2, 0.25) is 0 Å². The van der Waals surface area contributed by atoms with Gasteiger partial charge in [0.05, 0.1) is 24.0 Å². The first-order valence-electron chi connectivity index (χ1n) is 13.4. The van der Waals surface area contributed by atoms with E-state index in [9.17, 15) is 26.9 Å². The van der Waals surface area contributed by atoms with Crippen molar-refractivity contribution in [1.29, 1.82) is 0 Å². The van der Waals surface area contributed by atoms with Crippen LogP contribution in [0.1, 0.15) is 38.8 Å². The molecule has 0 saturated heterocycles. The van der Waals surface area contributed by atoms with Gasteiger partial charge in [-0.05, 0) is 43.2 Å². The minimum Gasteiger partial charge on any atom is -0.458 e. The Bertz CT molecular complexity index is 1610. The molecule has 1 amide bonds. The van der Waals surface area contributed by atoms with E-state index in [1.807, 2.05) is 88.3 Å². The number of carbonyl (C=O) groups is 2. The number of benzene rings is 3. The summed E-state index contributed by atoms with van der Waals surface area (Å²) in [6, 6.07) is 23.7. The van der Waals surface area contributed by atoms with E-state index < -0.39 is 18.9 Å². The predicted octanol–water partition coefficient (Wildman–Crippen LogP) is 5.37. The Hall–Kier alpha value is -4.61. The number of aromatic nitrogens is 2. The van der Waals surface area contributed by atoms with Crippen LogP contribution < -0.4 is 14.4 Å². The summed E-state index contributed by atoms with van der Waals surface area (Å²) in [5.41, 5.74) is 4.37. The molecule has 2 aliphatic rings. The molecule has 1 unspecified atom stereocenters. The van der Waals surface area contributed by atoms with E-state index in [2.05, 4.69) is 24.0 Å². The van der Waals surface area contributed by atoms with Crippen LogP contribution in [-0.2, 0) is 30.4 Å². The quantitative estimate of drug-likeness (QED) is 0.128. The van der Waals surface area contributed by atoms with Crippen molar-refractivity contribution in [2.45, 2.75) is 25.6 Å². The van der Waals surface area contributed by atoms with Crippen molar-refractivity contribution >= 4 is 30.5 Å². The third-order valence-electron chi connectivity index (χ3n) is 7.45. The number of nitrogens with zero attached hydrogens (tertiary/aromatic N) is 4. The van der Waals surface area contributed by atoms with Gasteiger partial charge >= 0.3 is 13.2 Å². The lowest BCUT2D eigenvalue weighted by Gasteiger charge is -2.38. The normalized spacial score (nSPS) is 16.9. The van der Waals surface area contributed by atoms with Crippen molar-refractivity contribution in [3.63, 3.8) is 0 Å². The molecule has 0 N–H and O–H groups in total. The lowest BCUT2D eigenvalue weighted by Crippen LogP contribution is -2.50. The Balaban J connectivity index is 0.000000652. The second-order valence-electron chi connectivity index (χ2n) is 10.2. The van der Waals surface area contributed by atoms with Gasteiger partial charge in [0.25, 0.3) is 5.91 Å². The lowest BCUT2D eigenvalue weighted by molar-refractivity contribution is -0.671. The molecule has 0 fully saturated rings. The summed E-state index contributed by atoms with van der Waals surface area (Å²) >= 11 is 0. The Morgan fingerprint density at radius 3 is 2.33 bits per heavy atom. The van der Waals surface area contributed by atoms with Gasteiger partial charge in [0, 0.05) is 17.7 Å². The SMILES string of the molecule is C[n+]1ccn(CCOC(=O)c2ccc3c(c2)N2C(=O)c4ccccc4C2(C)N3CCc2ccccc2)c1.F[B-](F)(F)F. The number of imidazole rings is 1. The monoisotopic (exact) mass is 580 g/mol. The highest BCUT2D eigenvalue weighted by Crippen LogP contribution is 2.55. The molecule has 0 bridgehead atoms. The molecule has 6 rings (SSSR count). The van der Waals surface area contributed by atoms with Gasteiger partial charge < -0.3 is 26.9 Å². The number of amides is 1. The molecule has 42 heavy (non-hydrogen) atoms. The van der Waals surface area contributed by atoms with Crippen molar-refractivity contribution in [2.75, 3.05) is 23.0 Å². The van der Waals surface area contributed by atoms with Gasteiger partial charge in [0.15, 0.2) is 0 Å². The summed E-state index contributed by atoms with van der Waals surface area (Å²) in [5, 5.41) is 0. The molecule has 12 heteroatoms. The topological polar surface area (TPSA) is 58.7 Å². The zero-order valence-corrected chi connectivity index (χ0v) is 23.1. The second kappa shape index (κ2) is 11.3. The minimum absolute atomic E-state index is 0.0486. The van der Waals surface area contributed by atoms with E-state index in [-0.39, 0.29) is 12.5 Å². The molecule has 0 radical (unpaired) electrons. The standard InChI is InChI=1S/C30H29N4O3.BF4/c1-30-25-11-7-6-10-24(25)28(35)34(30)27-20-23(29(36)37-19-18-32-17-16-31(2)21-32)12-13-26(27)33(30)15-14-22-8-4-3-5-9-22;2-1(3,4)5/h3-13,16-17,20-21H,14-15,18-19H2,1-2H3;/q+1;-1. The van der Waals surface area contributed by atoms with Gasteiger partial charge in [-0.2, -0.15) is 0 Å². The first kappa shape index (κ1) is 28.9. The number of hydrogen-bond donors (Lipinski definition) is 0. The van der Waals surface area contributed by atoms with Gasteiger partial charge in [-0.3, -0.25) is 9.69 Å². The van der Waals surface area contributed by atoms with Crippen molar-refractivity contribution in [3.8, 4) is 0 Å². The molecule has 1 aromatic heterocycles. The van der Waals surface area contributed by atoms with Crippen LogP contribution in [0.3, 0.4) is 0 Å². The molecule has 0 spiro atoms. The van der Waals surface area contributed by atoms with E-state index in [1.54, 1.807) is 12.1 Å². The average molecular weight is 580 g/mol. The van der Waals surface area contributed by atoms with Crippen molar-refractivity contribution in [1.82, 2.24) is 4.57 Å². The molecule has 3 heterocycles. The number of halogens is 4. The fourth-order valence-corrected chi connectivity index (χ4v) is 5.61. The van der Waals surface area contributed by atoms with Crippen LogP contribution in [0.25, 0.3) is 0 Å². The third-order valence-corrected chi connectivity index (χ3v) is 7.45. The number of rotatable bonds is 7. The maximum absolute atomic E-state index is 13.7. The number of hydrogen-bond acceptors (Lipinski definition) is 4. The van der Waals surface area contributed by atoms with Crippen LogP contribution in [-0.4, -0.2) is 36.8 Å². The molecule has 1 atom stereocenters. The van der Waals surface area contributed by atoms with E-state index in [1.165, 1.54) is 5.56 Å². The summed E-state index contributed by atoms with van der Waals surface area (Å²) in [7, 11) is -4.05. The molecular formula is C30H29BF4N4O3. The molecule has 0 aliphatic carbocycles. The average Bonchev–Trinajstić information content (AvgIpc) is 3.55. The van der Waals surface area contributed by atoms with Gasteiger partial charge in [0.1, 0.15) is 31.2 Å². The zero-order chi connectivity index (χ0) is 30.1. The highest BCUT2D eigenvalue weighted by atomic mass is 19.5. The van der Waals surface area contributed by atoms with Gasteiger partial charge in [-0.25, -0.2) is 13.9 Å². The van der Waals surface area contributed by atoms with E-state index in [0.29, 0.717) is 17.7 Å². The summed E-state index contributed by atoms with van der Waals surface area (Å²) < 4.78 is 48.5. The molecular weight excluding hydrogens is 551 g/mol. The Labute approximate surface area is 240 Å². The number of ether oxygens (including phenoxy) is 1. The summed E-state index contributed by atoms with van der Waals surface area (Å²) in [5.74, 6) is -0.444. The molecule has 2 aliphatic heterocycles. The van der Waals surface area contributed by atoms with Crippen molar-refractivity contribution < 1.29 is 36.2 Å². The number of anilines is 2. The molecule has 218 valence electrons. The maximum atomic E-state index is 13.7. The highest BCUT2D eigenvalue weighted by Gasteiger charge is 2.56. The summed E-state index contributed by atoms with van der Waals surface area (Å²) in [6.07, 6.45) is 6.64. The fraction of sp³-hybridized carbons (Fsp3) is 0.233. The largest absolute Gasteiger partial charge is 0.673 e. The Kier molecular flexibility index (Phi) is 7.81. The number of aryl methyl sites for hydroxylation is 1. The lowest BCUT2D eigenvalue weighted by atomic mass is 9.98. The van der Waals surface area contributed by atoms with E-state index >= 15 is 0 Å². The third kappa shape index (κ3) is 5.74. The van der Waals surface area contributed by atoms with Gasteiger partial charge in [0.2, 0.25) is 6.33 Å². The van der Waals surface area contributed by atoms with Gasteiger partial charge in [-0.1, -0.05) is 48.5 Å². The van der Waals surface area contributed by atoms with E-state index in [4.69, 9.17) is 4.74 Å². The van der Waals surface area contributed by atoms with Crippen LogP contribution in [0, 0.1) is 0 Å². The molecule has 0 saturated carbocycles. The molecule has 3 aromatic carbocycles. The maximum Gasteiger partial charge on any atom is 0.673 e. The minimum atomic E-state index is -6.00. The first-order chi connectivity index (χ1) is 20.0. The van der Waals surface area contributed by atoms with Crippen LogP contribution in [0.5, 0.6) is 0 Å². The second-order valence-corrected chi connectivity index (χ2v) is 10.2. The van der Waals surface area contributed by atoms with Crippen LogP contribution in [0.15, 0.2) is 91.5 Å². The Morgan fingerprint density at radius 2 is 1.64 bits per heavy atom.